The van der Waals surface area contributed by atoms with Gasteiger partial charge in [0.2, 0.25) is 5.71 Å². The minimum atomic E-state index is -1.68. The highest BCUT2D eigenvalue weighted by molar-refractivity contribution is 8.39. The molecule has 1 aromatic carbocycles. The second kappa shape index (κ2) is 39.2. The zero-order chi connectivity index (χ0) is 74.4. The van der Waals surface area contributed by atoms with E-state index in [0.29, 0.717) is 5.71 Å². The van der Waals surface area contributed by atoms with Crippen LogP contribution in [0.15, 0.2) is 53.1 Å². The number of hydrogen-bond donors (Lipinski definition) is 0. The maximum absolute atomic E-state index is 7.13. The number of fused-ring (bicyclic) bond motifs is 3. The van der Waals surface area contributed by atoms with Crippen molar-refractivity contribution in [1.82, 2.24) is 9.97 Å². The van der Waals surface area contributed by atoms with Crippen molar-refractivity contribution < 1.29 is 13.7 Å². The molecule has 0 unspecified atom stereocenters. The molecule has 0 N–H and O–H groups in total. The molecule has 0 bridgehead atoms. The molecular weight excluding hydrogens is 1100 g/mol. The van der Waals surface area contributed by atoms with Crippen molar-refractivity contribution in [1.29, 1.82) is 0 Å². The zero-order valence-electron chi connectivity index (χ0n) is 56.6. The molecule has 5 nitrogen and oxygen atoms in total. The summed E-state index contributed by atoms with van der Waals surface area (Å²) < 4.78 is 18.4. The largest absolute Gasteiger partial charge is 0.496 e. The fourth-order valence-corrected chi connectivity index (χ4v) is 15.5. The molecule has 4 aromatic rings. The van der Waals surface area contributed by atoms with Gasteiger partial charge in [-0.05, 0) is 58.9 Å². The van der Waals surface area contributed by atoms with E-state index in [1.54, 1.807) is 0 Å². The first-order valence-corrected chi connectivity index (χ1v) is 32.2. The molecule has 350 valence electrons. The Bertz CT molecular complexity index is 2790. The number of hydrogen-bond acceptors (Lipinski definition) is 5. The quantitative estimate of drug-likeness (QED) is 0.0436. The van der Waals surface area contributed by atoms with Crippen LogP contribution >= 0.6 is 0 Å². The molecule has 0 atom stereocenters. The van der Waals surface area contributed by atoms with Crippen LogP contribution in [0, 0.1) is 6.92 Å². The van der Waals surface area contributed by atoms with Gasteiger partial charge in [0.05, 0.1) is 16.9 Å². The molecule has 5 rings (SSSR count). The first-order chi connectivity index (χ1) is 44.6. The van der Waals surface area contributed by atoms with E-state index in [-0.39, 0.29) is 11.2 Å². The number of furan rings is 1. The average molecular weight is 1120 g/mol. The maximum atomic E-state index is 7.13. The van der Waals surface area contributed by atoms with Crippen LogP contribution in [0.3, 0.4) is 0 Å². The summed E-state index contributed by atoms with van der Waals surface area (Å²) in [6.07, 6.45) is -48.8. The highest BCUT2D eigenvalue weighted by atomic mass is 16.7. The number of para-hydroxylation sites is 1. The summed E-state index contributed by atoms with van der Waals surface area (Å²) in [6.45, 7) is 10.2. The monoisotopic (exact) mass is 1130 g/mol. The molecule has 70 radical (unpaired) electrons. The molecule has 0 aliphatic carbocycles. The standard InChI is InChI=1S/C23H23BN2O3.B68/c1-14-9-11-17-16-7-6-8-18(20(16)27-21(17)26-14)19-12-10-15(13-25-19)24-28-22(2,3)23(4,5)29-24;1-36(2)53(35)62(54(37(3)4)38(5)6)66(61(51(31)32)52(33)34)68(65(59(47(23)24)48(25)26)60(49(27)28)50(29)30)67(63(55(39(7)8)40(9)10)56(41(11)12)42(13)14)64(57(43(15)16)44(17)18)58(45(19)20)46(21)22/h6-13H,1-5H3;. The second-order valence-corrected chi connectivity index (χ2v) is 27.7. The van der Waals surface area contributed by atoms with Crippen LogP contribution < -0.4 is 5.46 Å². The van der Waals surface area contributed by atoms with Crippen LogP contribution in [0.25, 0.3) is 33.3 Å². The molecule has 1 fully saturated rings. The fourth-order valence-electron chi connectivity index (χ4n) is 15.5. The minimum absolute atomic E-state index is 0.374. The Morgan fingerprint density at radius 2 is 0.608 bits per heavy atom. The number of rotatable bonds is 34. The van der Waals surface area contributed by atoms with Crippen molar-refractivity contribution in [3.05, 3.63) is 54.4 Å². The third-order valence-electron chi connectivity index (χ3n) is 20.3. The molecule has 1 saturated heterocycles. The Balaban J connectivity index is 0.000000559. The maximum Gasteiger partial charge on any atom is 0.496 e. The summed E-state index contributed by atoms with van der Waals surface area (Å²) in [5.41, 5.74) is 4.33. The Hall–Kier alpha value is 1.72. The Morgan fingerprint density at radius 3 is 0.887 bits per heavy atom. The molecule has 3 aromatic heterocycles. The summed E-state index contributed by atoms with van der Waals surface area (Å²) in [5.74, 6) is 0. The predicted octanol–water partition coefficient (Wildman–Crippen LogP) is -21.2. The smallest absolute Gasteiger partial charge is 0.437 e. The van der Waals surface area contributed by atoms with Gasteiger partial charge >= 0.3 is 7.12 Å². The molecule has 0 amide bonds. The number of aromatic nitrogens is 2. The highest BCUT2D eigenvalue weighted by Gasteiger charge is 2.64. The molecule has 4 heterocycles. The van der Waals surface area contributed by atoms with Crippen molar-refractivity contribution in [3.8, 4) is 11.3 Å². The van der Waals surface area contributed by atoms with Crippen LogP contribution in [-0.2, 0) is 9.31 Å². The number of nitrogens with zero attached hydrogens (tertiary/aromatic N) is 2. The second-order valence-electron chi connectivity index (χ2n) is 27.7. The number of pyridine rings is 2. The lowest BCUT2D eigenvalue weighted by atomic mass is 8.21. The van der Waals surface area contributed by atoms with Gasteiger partial charge < -0.3 is 13.7 Å². The fraction of sp³-hybridized carbons (Fsp3) is 0.304. The third-order valence-corrected chi connectivity index (χ3v) is 20.3. The van der Waals surface area contributed by atoms with E-state index in [0.717, 1.165) is 38.8 Å². The van der Waals surface area contributed by atoms with E-state index in [4.69, 9.17) is 285 Å². The van der Waals surface area contributed by atoms with Gasteiger partial charge in [0.25, 0.3) is 0 Å². The molecule has 0 saturated carbocycles. The lowest BCUT2D eigenvalue weighted by molar-refractivity contribution is 0.00578. The van der Waals surface area contributed by atoms with E-state index < -0.39 is 218 Å². The van der Waals surface area contributed by atoms with Gasteiger partial charge in [0, 0.05) is 515 Å². The lowest BCUT2D eigenvalue weighted by Gasteiger charge is -2.60. The van der Waals surface area contributed by atoms with Gasteiger partial charge in [-0.3, -0.25) is 4.98 Å². The van der Waals surface area contributed by atoms with Gasteiger partial charge in [-0.2, -0.15) is 0 Å². The summed E-state index contributed by atoms with van der Waals surface area (Å²) in [7, 11) is 234. The Labute approximate surface area is 645 Å². The first kappa shape index (κ1) is 91.1. The topological polar surface area (TPSA) is 57.4 Å². The SMILES string of the molecule is Cc1ccc2c(n1)oc1c(-c3ccc(B4OC(C)(C)C(C)(C)O4)cn3)cccc12.[B]B([B])B([B])B(B(B([B])[B])B([B])[B])B(B(B([B])[B])B([B])[B])B(B(B(B([B])[B])B([B])[B])B(B([B])[B])B([B])[B])B(B(B(B([B])[B])B([B])[B])B(B([B])[B])B([B])[B])B(B(B([B])[B])B([B])[B])B(B([B])[B])B([B])[B]. The summed E-state index contributed by atoms with van der Waals surface area (Å²) in [6, 6.07) is 14.2. The lowest BCUT2D eigenvalue weighted by Crippen LogP contribution is -2.98. The van der Waals surface area contributed by atoms with Gasteiger partial charge in [0.15, 0.2) is 0 Å². The summed E-state index contributed by atoms with van der Waals surface area (Å²) in [5, 5.41) is 2.06. The van der Waals surface area contributed by atoms with Gasteiger partial charge in [-0.15, -0.1) is 0 Å². The molecule has 97 heavy (non-hydrogen) atoms. The van der Waals surface area contributed by atoms with Crippen LogP contribution in [0.4, 0.5) is 0 Å². The Morgan fingerprint density at radius 1 is 0.320 bits per heavy atom. The molecule has 74 heteroatoms. The normalized spacial score (nSPS) is 12.2. The van der Waals surface area contributed by atoms with Gasteiger partial charge in [0.1, 0.15) is 5.58 Å². The van der Waals surface area contributed by atoms with E-state index >= 15 is 0 Å². The van der Waals surface area contributed by atoms with Crippen LogP contribution in [0.2, 0.25) is 0 Å². The number of aryl methyl sites for hydroxylation is 1. The van der Waals surface area contributed by atoms with E-state index in [1.807, 2.05) is 71.1 Å². The molecule has 1 aliphatic heterocycles. The van der Waals surface area contributed by atoms with Crippen LogP contribution in [-0.4, -0.2) is 510 Å². The van der Waals surface area contributed by atoms with Crippen LogP contribution in [0.5, 0.6) is 0 Å². The predicted molar refractivity (Wildman–Crippen MR) is 506 cm³/mol. The highest BCUT2D eigenvalue weighted by Crippen LogP contribution is 2.38. The van der Waals surface area contributed by atoms with Crippen molar-refractivity contribution in [2.24, 2.45) is 0 Å². The summed E-state index contributed by atoms with van der Waals surface area (Å²) >= 11 is 0. The summed E-state index contributed by atoms with van der Waals surface area (Å²) in [4.78, 5) is 9.21. The van der Waals surface area contributed by atoms with Crippen molar-refractivity contribution >= 4 is 516 Å². The van der Waals surface area contributed by atoms with E-state index in [9.17, 15) is 0 Å². The molecule has 0 spiro atoms. The van der Waals surface area contributed by atoms with Crippen LogP contribution in [0.1, 0.15) is 33.4 Å². The zero-order valence-corrected chi connectivity index (χ0v) is 56.6. The van der Waals surface area contributed by atoms with Crippen molar-refractivity contribution in [2.75, 3.05) is 0 Å². The van der Waals surface area contributed by atoms with E-state index in [2.05, 4.69) is 22.1 Å². The molecule has 1 aliphatic rings. The Kier molecular flexibility index (Phi) is 36.8. The first-order valence-electron chi connectivity index (χ1n) is 32.2. The average Bonchev–Trinajstić information content (AvgIpc) is 1.54. The van der Waals surface area contributed by atoms with Crippen molar-refractivity contribution in [2.45, 2.75) is 45.8 Å². The van der Waals surface area contributed by atoms with Gasteiger partial charge in [-0.1, -0.05) is 18.2 Å². The molecular formula is C23H23B69N2O3. The number of benzene rings is 1. The van der Waals surface area contributed by atoms with Gasteiger partial charge in [-0.25, -0.2) is 4.98 Å². The van der Waals surface area contributed by atoms with Crippen molar-refractivity contribution in [3.63, 3.8) is 0 Å². The minimum Gasteiger partial charge on any atom is -0.437 e. The third kappa shape index (κ3) is 22.0. The van der Waals surface area contributed by atoms with E-state index in [1.165, 1.54) is 0 Å².